The van der Waals surface area contributed by atoms with Crippen LogP contribution in [-0.2, 0) is 4.79 Å². The first kappa shape index (κ1) is 17.4. The van der Waals surface area contributed by atoms with E-state index in [1.165, 1.54) is 0 Å². The number of nitrogens with one attached hydrogen (secondary N) is 1. The van der Waals surface area contributed by atoms with Gasteiger partial charge in [0.2, 0.25) is 0 Å². The summed E-state index contributed by atoms with van der Waals surface area (Å²) in [6.07, 6.45) is 2.68. The van der Waals surface area contributed by atoms with Crippen LogP contribution >= 0.6 is 0 Å². The first-order valence-electron chi connectivity index (χ1n) is 6.98. The first-order valence-corrected chi connectivity index (χ1v) is 6.98. The van der Waals surface area contributed by atoms with Crippen LogP contribution < -0.4 is 5.32 Å². The third-order valence-corrected chi connectivity index (χ3v) is 3.18. The van der Waals surface area contributed by atoms with Crippen LogP contribution in [0, 0.1) is 5.92 Å². The average molecular weight is 258 g/mol. The molecule has 0 aliphatic carbocycles. The second-order valence-electron chi connectivity index (χ2n) is 5.78. The van der Waals surface area contributed by atoms with Gasteiger partial charge in [0.25, 0.3) is 0 Å². The molecule has 0 aromatic carbocycles. The maximum absolute atomic E-state index is 11.2. The Bertz CT molecular complexity index is 244. The Morgan fingerprint density at radius 2 is 2.00 bits per heavy atom. The Balaban J connectivity index is 3.90. The molecule has 0 heterocycles. The van der Waals surface area contributed by atoms with E-state index in [9.17, 15) is 9.90 Å². The van der Waals surface area contributed by atoms with Gasteiger partial charge in [-0.25, -0.2) is 0 Å². The van der Waals surface area contributed by atoms with Gasteiger partial charge < -0.3 is 15.3 Å². The van der Waals surface area contributed by atoms with Crippen LogP contribution in [0.5, 0.6) is 0 Å². The van der Waals surface area contributed by atoms with E-state index in [-0.39, 0.29) is 0 Å². The van der Waals surface area contributed by atoms with Crippen molar-refractivity contribution in [3.05, 3.63) is 0 Å². The largest absolute Gasteiger partial charge is 0.480 e. The minimum atomic E-state index is -0.772. The van der Waals surface area contributed by atoms with Gasteiger partial charge in [-0.3, -0.25) is 4.79 Å². The number of aliphatic carboxylic acids is 1. The van der Waals surface area contributed by atoms with Crippen LogP contribution in [0.1, 0.15) is 47.0 Å². The fraction of sp³-hybridized carbons (Fsp3) is 0.929. The van der Waals surface area contributed by atoms with Gasteiger partial charge in [0.1, 0.15) is 5.54 Å². The lowest BCUT2D eigenvalue weighted by Gasteiger charge is -2.26. The van der Waals surface area contributed by atoms with Gasteiger partial charge in [-0.15, -0.1) is 0 Å². The first-order chi connectivity index (χ1) is 8.31. The predicted molar refractivity (Wildman–Crippen MR) is 75.9 cm³/mol. The summed E-state index contributed by atoms with van der Waals surface area (Å²) in [4.78, 5) is 13.5. The molecule has 0 radical (unpaired) electrons. The van der Waals surface area contributed by atoms with Crippen LogP contribution in [0.2, 0.25) is 0 Å². The van der Waals surface area contributed by atoms with Gasteiger partial charge in [0.15, 0.2) is 0 Å². The molecule has 0 aromatic rings. The monoisotopic (exact) mass is 258 g/mol. The average Bonchev–Trinajstić information content (AvgIpc) is 2.23. The third-order valence-electron chi connectivity index (χ3n) is 3.18. The quantitative estimate of drug-likeness (QED) is 0.590. The van der Waals surface area contributed by atoms with Crippen LogP contribution in [0.4, 0.5) is 0 Å². The SMILES string of the molecule is CCNC(C)(CCCCN(C)CC(C)C)C(=O)O. The number of unbranched alkanes of at least 4 members (excludes halogenated alkanes) is 1. The molecule has 0 spiro atoms. The zero-order chi connectivity index (χ0) is 14.2. The molecular formula is C14H30N2O2. The van der Waals surface area contributed by atoms with E-state index in [4.69, 9.17) is 0 Å². The van der Waals surface area contributed by atoms with Crippen molar-refractivity contribution in [1.29, 1.82) is 0 Å². The molecule has 4 nitrogen and oxygen atoms in total. The summed E-state index contributed by atoms with van der Waals surface area (Å²) in [6, 6.07) is 0. The summed E-state index contributed by atoms with van der Waals surface area (Å²) >= 11 is 0. The van der Waals surface area contributed by atoms with Gasteiger partial charge in [-0.05, 0) is 52.2 Å². The standard InChI is InChI=1S/C14H30N2O2/c1-6-15-14(4,13(17)18)9-7-8-10-16(5)11-12(2)3/h12,15H,6-11H2,1-5H3,(H,17,18). The Hall–Kier alpha value is -0.610. The lowest BCUT2D eigenvalue weighted by molar-refractivity contribution is -0.144. The summed E-state index contributed by atoms with van der Waals surface area (Å²) in [7, 11) is 2.13. The molecule has 2 N–H and O–H groups in total. The number of nitrogens with zero attached hydrogens (tertiary/aromatic N) is 1. The number of hydrogen-bond donors (Lipinski definition) is 2. The van der Waals surface area contributed by atoms with Crippen molar-refractivity contribution in [3.8, 4) is 0 Å². The van der Waals surface area contributed by atoms with Crippen molar-refractivity contribution in [3.63, 3.8) is 0 Å². The second-order valence-corrected chi connectivity index (χ2v) is 5.78. The Labute approximate surface area is 112 Å². The van der Waals surface area contributed by atoms with Gasteiger partial charge in [-0.1, -0.05) is 20.8 Å². The molecule has 0 aromatic heterocycles. The van der Waals surface area contributed by atoms with Gasteiger partial charge >= 0.3 is 5.97 Å². The van der Waals surface area contributed by atoms with E-state index in [0.29, 0.717) is 18.9 Å². The summed E-state index contributed by atoms with van der Waals surface area (Å²) < 4.78 is 0. The highest BCUT2D eigenvalue weighted by atomic mass is 16.4. The molecule has 0 aliphatic rings. The number of hydrogen-bond acceptors (Lipinski definition) is 3. The van der Waals surface area contributed by atoms with Crippen LogP contribution in [0.15, 0.2) is 0 Å². The number of carboxylic acid groups (broad SMARTS) is 1. The molecule has 0 saturated heterocycles. The highest BCUT2D eigenvalue weighted by Crippen LogP contribution is 2.14. The smallest absolute Gasteiger partial charge is 0.323 e. The van der Waals surface area contributed by atoms with Gasteiger partial charge in [-0.2, -0.15) is 0 Å². The Morgan fingerprint density at radius 3 is 2.44 bits per heavy atom. The summed E-state index contributed by atoms with van der Waals surface area (Å²) in [5.74, 6) is -0.0686. The second kappa shape index (κ2) is 8.48. The molecule has 4 heteroatoms. The highest BCUT2D eigenvalue weighted by Gasteiger charge is 2.30. The van der Waals surface area contributed by atoms with E-state index in [1.807, 2.05) is 6.92 Å². The number of carboxylic acids is 1. The fourth-order valence-corrected chi connectivity index (χ4v) is 2.24. The van der Waals surface area contributed by atoms with E-state index in [0.717, 1.165) is 25.9 Å². The Kier molecular flexibility index (Phi) is 8.20. The van der Waals surface area contributed by atoms with E-state index < -0.39 is 11.5 Å². The molecule has 0 amide bonds. The number of likely N-dealkylation sites (N-methyl/N-ethyl adjacent to an activating group) is 1. The van der Waals surface area contributed by atoms with Crippen molar-refractivity contribution in [2.75, 3.05) is 26.7 Å². The van der Waals surface area contributed by atoms with Crippen molar-refractivity contribution in [2.45, 2.75) is 52.5 Å². The molecular weight excluding hydrogens is 228 g/mol. The molecule has 18 heavy (non-hydrogen) atoms. The summed E-state index contributed by atoms with van der Waals surface area (Å²) in [6.45, 7) is 11.0. The molecule has 0 aliphatic heterocycles. The molecule has 0 bridgehead atoms. The molecule has 0 saturated carbocycles. The zero-order valence-electron chi connectivity index (χ0n) is 12.6. The third kappa shape index (κ3) is 6.97. The van der Waals surface area contributed by atoms with Crippen molar-refractivity contribution in [2.24, 2.45) is 5.92 Å². The number of carbonyl (C=O) groups is 1. The topological polar surface area (TPSA) is 52.6 Å². The fourth-order valence-electron chi connectivity index (χ4n) is 2.24. The molecule has 1 unspecified atom stereocenters. The van der Waals surface area contributed by atoms with Crippen molar-refractivity contribution >= 4 is 5.97 Å². The molecule has 0 fully saturated rings. The van der Waals surface area contributed by atoms with Crippen molar-refractivity contribution in [1.82, 2.24) is 10.2 Å². The zero-order valence-corrected chi connectivity index (χ0v) is 12.6. The van der Waals surface area contributed by atoms with E-state index in [1.54, 1.807) is 6.92 Å². The van der Waals surface area contributed by atoms with Crippen molar-refractivity contribution < 1.29 is 9.90 Å². The van der Waals surface area contributed by atoms with Gasteiger partial charge in [0, 0.05) is 6.54 Å². The molecule has 1 atom stereocenters. The maximum Gasteiger partial charge on any atom is 0.323 e. The minimum absolute atomic E-state index is 0.682. The summed E-state index contributed by atoms with van der Waals surface area (Å²) in [5, 5.41) is 12.3. The van der Waals surface area contributed by atoms with E-state index in [2.05, 4.69) is 31.1 Å². The van der Waals surface area contributed by atoms with Gasteiger partial charge in [0.05, 0.1) is 0 Å². The van der Waals surface area contributed by atoms with Crippen LogP contribution in [-0.4, -0.2) is 48.2 Å². The number of rotatable bonds is 10. The van der Waals surface area contributed by atoms with E-state index >= 15 is 0 Å². The minimum Gasteiger partial charge on any atom is -0.480 e. The summed E-state index contributed by atoms with van der Waals surface area (Å²) in [5.41, 5.74) is -0.772. The highest BCUT2D eigenvalue weighted by molar-refractivity contribution is 5.78. The lowest BCUT2D eigenvalue weighted by Crippen LogP contribution is -2.49. The van der Waals surface area contributed by atoms with Crippen LogP contribution in [0.25, 0.3) is 0 Å². The normalized spacial score (nSPS) is 15.1. The molecule has 0 rings (SSSR count). The Morgan fingerprint density at radius 1 is 1.39 bits per heavy atom. The maximum atomic E-state index is 11.2. The lowest BCUT2D eigenvalue weighted by atomic mass is 9.95. The molecule has 108 valence electrons. The predicted octanol–water partition coefficient (Wildman–Crippen LogP) is 2.20. The van der Waals surface area contributed by atoms with Crippen LogP contribution in [0.3, 0.4) is 0 Å².